The summed E-state index contributed by atoms with van der Waals surface area (Å²) < 4.78 is 9.25. The number of benzene rings is 1. The first-order chi connectivity index (χ1) is 15.1. The number of imidazole rings is 1. The van der Waals surface area contributed by atoms with E-state index >= 15 is 0 Å². The summed E-state index contributed by atoms with van der Waals surface area (Å²) in [5.74, 6) is 1.71. The zero-order chi connectivity index (χ0) is 21.8. The van der Waals surface area contributed by atoms with Crippen LogP contribution in [0.2, 0.25) is 0 Å². The first kappa shape index (κ1) is 21.3. The largest absolute Gasteiger partial charge is 0.494 e. The lowest BCUT2D eigenvalue weighted by molar-refractivity contribution is 0.0954. The van der Waals surface area contributed by atoms with E-state index in [-0.39, 0.29) is 5.91 Å². The van der Waals surface area contributed by atoms with Gasteiger partial charge in [-0.05, 0) is 56.2 Å². The maximum absolute atomic E-state index is 12.8. The van der Waals surface area contributed by atoms with Crippen molar-refractivity contribution in [2.24, 2.45) is 0 Å². The van der Waals surface area contributed by atoms with Crippen LogP contribution in [-0.4, -0.2) is 33.6 Å². The number of amides is 1. The van der Waals surface area contributed by atoms with Gasteiger partial charge in [0.1, 0.15) is 11.6 Å². The van der Waals surface area contributed by atoms with Crippen LogP contribution in [0.1, 0.15) is 29.5 Å². The quantitative estimate of drug-likeness (QED) is 0.279. The Morgan fingerprint density at radius 2 is 2.13 bits per heavy atom. The molecule has 4 aromatic rings. The number of hydrogen-bond acceptors (Lipinski definition) is 5. The monoisotopic (exact) mass is 452 g/mol. The molecule has 3 heterocycles. The summed E-state index contributed by atoms with van der Waals surface area (Å²) in [4.78, 5) is 20.5. The Hall–Kier alpha value is -2.97. The highest BCUT2D eigenvalue weighted by molar-refractivity contribution is 7.72. The van der Waals surface area contributed by atoms with Gasteiger partial charge in [0.05, 0.1) is 26.9 Å². The molecule has 160 valence electrons. The van der Waals surface area contributed by atoms with E-state index in [4.69, 9.17) is 17.0 Å². The molecule has 0 bridgehead atoms. The van der Waals surface area contributed by atoms with Gasteiger partial charge in [-0.15, -0.1) is 11.3 Å². The van der Waals surface area contributed by atoms with Gasteiger partial charge >= 0.3 is 0 Å². The van der Waals surface area contributed by atoms with Gasteiger partial charge in [-0.25, -0.2) is 4.98 Å². The molecule has 0 radical (unpaired) electrons. The molecule has 6 nitrogen and oxygen atoms in total. The number of carbonyl (C=O) groups is 1. The van der Waals surface area contributed by atoms with Crippen LogP contribution >= 0.6 is 23.6 Å². The first-order valence-electron chi connectivity index (χ1n) is 10.2. The highest BCUT2D eigenvalue weighted by Gasteiger charge is 2.15. The number of aryl methyl sites for hydroxylation is 2. The van der Waals surface area contributed by atoms with Crippen molar-refractivity contribution >= 4 is 39.7 Å². The minimum Gasteiger partial charge on any atom is -0.494 e. The SMILES string of the molecule is CCOc1ccc(-c2cc(=S)c3scc(C(=O)NCCCn4ccnc4C)c3[nH]2)cc1. The van der Waals surface area contributed by atoms with Gasteiger partial charge in [-0.3, -0.25) is 4.79 Å². The lowest BCUT2D eigenvalue weighted by Gasteiger charge is -2.08. The van der Waals surface area contributed by atoms with Crippen molar-refractivity contribution in [3.8, 4) is 17.0 Å². The fourth-order valence-corrected chi connectivity index (χ4v) is 4.72. The van der Waals surface area contributed by atoms with Gasteiger partial charge in [0.2, 0.25) is 0 Å². The summed E-state index contributed by atoms with van der Waals surface area (Å²) in [5, 5.41) is 4.89. The number of H-pyrrole nitrogens is 1. The molecular weight excluding hydrogens is 428 g/mol. The zero-order valence-electron chi connectivity index (χ0n) is 17.5. The smallest absolute Gasteiger partial charge is 0.254 e. The van der Waals surface area contributed by atoms with Gasteiger partial charge < -0.3 is 19.6 Å². The van der Waals surface area contributed by atoms with Crippen LogP contribution in [0.5, 0.6) is 5.75 Å². The summed E-state index contributed by atoms with van der Waals surface area (Å²) in [7, 11) is 0. The van der Waals surface area contributed by atoms with Gasteiger partial charge in [-0.2, -0.15) is 0 Å². The van der Waals surface area contributed by atoms with Crippen molar-refractivity contribution < 1.29 is 9.53 Å². The molecule has 1 amide bonds. The number of rotatable bonds is 8. The fraction of sp³-hybridized carbons (Fsp3) is 0.261. The molecule has 2 N–H and O–H groups in total. The topological polar surface area (TPSA) is 71.9 Å². The molecule has 3 aromatic heterocycles. The highest BCUT2D eigenvalue weighted by Crippen LogP contribution is 2.30. The highest BCUT2D eigenvalue weighted by atomic mass is 32.1. The summed E-state index contributed by atoms with van der Waals surface area (Å²) in [6.45, 7) is 5.97. The molecule has 0 aliphatic carbocycles. The van der Waals surface area contributed by atoms with Gasteiger partial charge in [0.15, 0.2) is 0 Å². The van der Waals surface area contributed by atoms with E-state index in [9.17, 15) is 4.79 Å². The molecule has 0 atom stereocenters. The van der Waals surface area contributed by atoms with Crippen LogP contribution < -0.4 is 10.1 Å². The molecule has 31 heavy (non-hydrogen) atoms. The Bertz CT molecular complexity index is 1250. The van der Waals surface area contributed by atoms with E-state index in [1.807, 2.05) is 55.8 Å². The van der Waals surface area contributed by atoms with Crippen molar-refractivity contribution in [3.63, 3.8) is 0 Å². The Labute approximate surface area is 189 Å². The van der Waals surface area contributed by atoms with Crippen LogP contribution in [0.25, 0.3) is 21.5 Å². The van der Waals surface area contributed by atoms with E-state index in [0.717, 1.165) is 50.5 Å². The van der Waals surface area contributed by atoms with Gasteiger partial charge in [0.25, 0.3) is 5.91 Å². The molecule has 4 rings (SSSR count). The third-order valence-corrected chi connectivity index (χ3v) is 6.52. The van der Waals surface area contributed by atoms with Gasteiger partial charge in [0, 0.05) is 36.6 Å². The summed E-state index contributed by atoms with van der Waals surface area (Å²) in [6, 6.07) is 9.79. The second-order valence-corrected chi connectivity index (χ2v) is 8.45. The van der Waals surface area contributed by atoms with E-state index in [0.29, 0.717) is 18.7 Å². The minimum absolute atomic E-state index is 0.0944. The Morgan fingerprint density at radius 3 is 2.84 bits per heavy atom. The number of fused-ring (bicyclic) bond motifs is 1. The van der Waals surface area contributed by atoms with Crippen molar-refractivity contribution in [1.82, 2.24) is 19.9 Å². The third kappa shape index (κ3) is 4.70. The van der Waals surface area contributed by atoms with Crippen molar-refractivity contribution in [3.05, 3.63) is 64.0 Å². The van der Waals surface area contributed by atoms with Crippen LogP contribution in [0.15, 0.2) is 48.1 Å². The van der Waals surface area contributed by atoms with Crippen molar-refractivity contribution in [2.45, 2.75) is 26.8 Å². The standard InChI is InChI=1S/C23H24N4O2S2/c1-3-29-17-7-5-16(6-8-17)19-13-20(30)22-21(26-19)18(14-31-22)23(28)25-9-4-11-27-12-10-24-15(27)2/h5-8,10,12-14H,3-4,9,11H2,1-2H3,(H,25,28)(H,26,30). The maximum Gasteiger partial charge on any atom is 0.254 e. The second-order valence-electron chi connectivity index (χ2n) is 7.14. The van der Waals surface area contributed by atoms with Crippen molar-refractivity contribution in [1.29, 1.82) is 0 Å². The second kappa shape index (κ2) is 9.45. The van der Waals surface area contributed by atoms with Crippen LogP contribution in [0, 0.1) is 11.4 Å². The molecule has 1 aromatic carbocycles. The normalized spacial score (nSPS) is 11.0. The predicted octanol–water partition coefficient (Wildman–Crippen LogP) is 5.35. The number of aromatic amines is 1. The molecular formula is C23H24N4O2S2. The zero-order valence-corrected chi connectivity index (χ0v) is 19.1. The minimum atomic E-state index is -0.0944. The number of aromatic nitrogens is 3. The maximum atomic E-state index is 12.8. The van der Waals surface area contributed by atoms with E-state index in [2.05, 4.69) is 19.9 Å². The van der Waals surface area contributed by atoms with Crippen LogP contribution in [0.4, 0.5) is 0 Å². The summed E-state index contributed by atoms with van der Waals surface area (Å²) in [5.41, 5.74) is 3.27. The molecule has 0 spiro atoms. The predicted molar refractivity (Wildman–Crippen MR) is 128 cm³/mol. The molecule has 0 fully saturated rings. The fourth-order valence-electron chi connectivity index (χ4n) is 3.44. The summed E-state index contributed by atoms with van der Waals surface area (Å²) >= 11 is 7.09. The Balaban J connectivity index is 1.51. The molecule has 0 saturated carbocycles. The number of hydrogen-bond donors (Lipinski definition) is 2. The van der Waals surface area contributed by atoms with E-state index in [1.165, 1.54) is 11.3 Å². The van der Waals surface area contributed by atoms with E-state index in [1.54, 1.807) is 6.20 Å². The number of pyridine rings is 1. The lowest BCUT2D eigenvalue weighted by Crippen LogP contribution is -2.25. The Morgan fingerprint density at radius 1 is 1.32 bits per heavy atom. The average molecular weight is 453 g/mol. The third-order valence-electron chi connectivity index (χ3n) is 5.06. The van der Waals surface area contributed by atoms with Crippen LogP contribution in [0.3, 0.4) is 0 Å². The molecule has 8 heteroatoms. The average Bonchev–Trinajstić information content (AvgIpc) is 3.38. The summed E-state index contributed by atoms with van der Waals surface area (Å²) in [6.07, 6.45) is 4.57. The number of nitrogens with one attached hydrogen (secondary N) is 2. The molecule has 0 unspecified atom stereocenters. The van der Waals surface area contributed by atoms with E-state index < -0.39 is 0 Å². The molecule has 0 saturated heterocycles. The lowest BCUT2D eigenvalue weighted by atomic mass is 10.1. The first-order valence-corrected chi connectivity index (χ1v) is 11.5. The number of nitrogens with zero attached hydrogens (tertiary/aromatic N) is 2. The number of ether oxygens (including phenoxy) is 1. The molecule has 0 aliphatic heterocycles. The Kier molecular flexibility index (Phi) is 6.48. The van der Waals surface area contributed by atoms with Crippen LogP contribution in [-0.2, 0) is 6.54 Å². The number of carbonyl (C=O) groups excluding carboxylic acids is 1. The van der Waals surface area contributed by atoms with Crippen molar-refractivity contribution in [2.75, 3.05) is 13.2 Å². The van der Waals surface area contributed by atoms with Gasteiger partial charge in [-0.1, -0.05) is 12.2 Å². The number of thiophene rings is 1. The molecule has 0 aliphatic rings.